The van der Waals surface area contributed by atoms with Gasteiger partial charge in [0.05, 0.1) is 11.8 Å². The molecule has 1 fully saturated rings. The second-order valence-corrected chi connectivity index (χ2v) is 6.09. The number of carbonyl (C=O) groups is 1. The van der Waals surface area contributed by atoms with Crippen molar-refractivity contribution >= 4 is 5.91 Å². The quantitative estimate of drug-likeness (QED) is 0.887. The summed E-state index contributed by atoms with van der Waals surface area (Å²) in [5.41, 5.74) is 0.537. The number of pyridine rings is 1. The Labute approximate surface area is 142 Å². The second kappa shape index (κ2) is 7.93. The number of likely N-dealkylation sites (tertiary alicyclic amines) is 1. The number of amides is 1. The lowest BCUT2D eigenvalue weighted by Gasteiger charge is -2.24. The van der Waals surface area contributed by atoms with E-state index in [1.807, 2.05) is 18.2 Å². The average Bonchev–Trinajstić information content (AvgIpc) is 3.15. The van der Waals surface area contributed by atoms with E-state index in [9.17, 15) is 4.79 Å². The fourth-order valence-corrected chi connectivity index (χ4v) is 2.92. The number of hydrogen-bond donors (Lipinski definition) is 1. The monoisotopic (exact) mass is 325 g/mol. The third-order valence-corrected chi connectivity index (χ3v) is 4.32. The molecular weight excluding hydrogens is 302 g/mol. The summed E-state index contributed by atoms with van der Waals surface area (Å²) in [4.78, 5) is 19.0. The second-order valence-electron chi connectivity index (χ2n) is 6.09. The average molecular weight is 325 g/mol. The first-order valence-electron chi connectivity index (χ1n) is 8.43. The van der Waals surface area contributed by atoms with Crippen molar-refractivity contribution in [2.24, 2.45) is 0 Å². The Kier molecular flexibility index (Phi) is 5.43. The normalized spacial score (nSPS) is 15.9. The van der Waals surface area contributed by atoms with Gasteiger partial charge in [-0.2, -0.15) is 0 Å². The molecule has 0 saturated carbocycles. The number of ether oxygens (including phenoxy) is 1. The van der Waals surface area contributed by atoms with Crippen LogP contribution in [0.1, 0.15) is 30.1 Å². The Morgan fingerprint density at radius 3 is 2.79 bits per heavy atom. The van der Waals surface area contributed by atoms with Crippen LogP contribution in [0.15, 0.2) is 48.8 Å². The van der Waals surface area contributed by atoms with Gasteiger partial charge in [-0.3, -0.25) is 14.7 Å². The van der Waals surface area contributed by atoms with Gasteiger partial charge >= 0.3 is 0 Å². The first-order chi connectivity index (χ1) is 11.7. The van der Waals surface area contributed by atoms with Crippen LogP contribution in [-0.2, 0) is 0 Å². The van der Waals surface area contributed by atoms with Gasteiger partial charge in [-0.25, -0.2) is 0 Å². The van der Waals surface area contributed by atoms with E-state index in [4.69, 9.17) is 4.74 Å². The molecule has 5 nitrogen and oxygen atoms in total. The first-order valence-corrected chi connectivity index (χ1v) is 8.43. The van der Waals surface area contributed by atoms with Crippen LogP contribution < -0.4 is 10.1 Å². The van der Waals surface area contributed by atoms with Crippen LogP contribution in [0, 0.1) is 0 Å². The van der Waals surface area contributed by atoms with Crippen LogP contribution in [0.3, 0.4) is 0 Å². The highest BCUT2D eigenvalue weighted by molar-refractivity contribution is 5.97. The van der Waals surface area contributed by atoms with Crippen LogP contribution in [0.4, 0.5) is 0 Å². The summed E-state index contributed by atoms with van der Waals surface area (Å²) in [6.45, 7) is 5.04. The van der Waals surface area contributed by atoms with Crippen molar-refractivity contribution < 1.29 is 9.53 Å². The molecule has 1 N–H and O–H groups in total. The van der Waals surface area contributed by atoms with Crippen molar-refractivity contribution in [2.75, 3.05) is 19.6 Å². The number of benzene rings is 1. The lowest BCUT2D eigenvalue weighted by Crippen LogP contribution is -2.40. The molecule has 0 unspecified atom stereocenters. The van der Waals surface area contributed by atoms with Crippen molar-refractivity contribution in [1.82, 2.24) is 15.2 Å². The van der Waals surface area contributed by atoms with Gasteiger partial charge in [-0.05, 0) is 57.1 Å². The third-order valence-electron chi connectivity index (χ3n) is 4.32. The Hall–Kier alpha value is -2.40. The van der Waals surface area contributed by atoms with E-state index >= 15 is 0 Å². The topological polar surface area (TPSA) is 54.5 Å². The number of rotatable bonds is 6. The predicted octanol–water partition coefficient (Wildman–Crippen LogP) is 3.09. The van der Waals surface area contributed by atoms with Gasteiger partial charge in [0.15, 0.2) is 0 Å². The Balaban J connectivity index is 1.64. The molecule has 1 aromatic heterocycles. The molecule has 0 spiro atoms. The van der Waals surface area contributed by atoms with Crippen molar-refractivity contribution in [3.63, 3.8) is 0 Å². The van der Waals surface area contributed by atoms with Crippen LogP contribution in [-0.4, -0.2) is 41.5 Å². The largest absolute Gasteiger partial charge is 0.455 e. The van der Waals surface area contributed by atoms with Gasteiger partial charge in [0.1, 0.15) is 11.5 Å². The molecule has 2 heterocycles. The van der Waals surface area contributed by atoms with E-state index in [0.717, 1.165) is 13.1 Å². The molecule has 3 rings (SSSR count). The van der Waals surface area contributed by atoms with Crippen LogP contribution in [0.25, 0.3) is 0 Å². The maximum atomic E-state index is 12.5. The molecule has 2 aromatic rings. The predicted molar refractivity (Wildman–Crippen MR) is 93.4 cm³/mol. The summed E-state index contributed by atoms with van der Waals surface area (Å²) in [5.74, 6) is 1.04. The fraction of sp³-hybridized carbons (Fsp3) is 0.368. The minimum absolute atomic E-state index is 0.111. The standard InChI is InChI=1S/C19H23N3O2/c1-15(22-11-4-5-12-22)13-21-19(23)17-8-2-3-9-18(17)24-16-7-6-10-20-14-16/h2-3,6-10,14-15H,4-5,11-13H2,1H3,(H,21,23)/t15-/m1/s1. The van der Waals surface area contributed by atoms with E-state index in [0.29, 0.717) is 29.6 Å². The van der Waals surface area contributed by atoms with Crippen molar-refractivity contribution in [1.29, 1.82) is 0 Å². The Morgan fingerprint density at radius 1 is 1.25 bits per heavy atom. The fourth-order valence-electron chi connectivity index (χ4n) is 2.92. The summed E-state index contributed by atoms with van der Waals surface area (Å²) in [5, 5.41) is 3.03. The van der Waals surface area contributed by atoms with E-state index in [1.165, 1.54) is 12.8 Å². The SMILES string of the molecule is C[C@H](CNC(=O)c1ccccc1Oc1cccnc1)N1CCCC1. The number of nitrogens with one attached hydrogen (secondary N) is 1. The molecule has 5 heteroatoms. The maximum absolute atomic E-state index is 12.5. The lowest BCUT2D eigenvalue weighted by atomic mass is 10.2. The molecule has 1 amide bonds. The van der Waals surface area contributed by atoms with Gasteiger partial charge in [-0.1, -0.05) is 12.1 Å². The molecule has 1 aliphatic heterocycles. The van der Waals surface area contributed by atoms with Gasteiger partial charge in [-0.15, -0.1) is 0 Å². The summed E-state index contributed by atoms with van der Waals surface area (Å²) in [7, 11) is 0. The Morgan fingerprint density at radius 2 is 2.04 bits per heavy atom. The molecule has 1 aliphatic rings. The zero-order valence-corrected chi connectivity index (χ0v) is 13.9. The smallest absolute Gasteiger partial charge is 0.255 e. The zero-order chi connectivity index (χ0) is 16.8. The number of carbonyl (C=O) groups excluding carboxylic acids is 1. The highest BCUT2D eigenvalue weighted by atomic mass is 16.5. The Bertz CT molecular complexity index is 669. The number of nitrogens with zero attached hydrogens (tertiary/aromatic N) is 2. The number of aromatic nitrogens is 1. The zero-order valence-electron chi connectivity index (χ0n) is 13.9. The van der Waals surface area contributed by atoms with Crippen molar-refractivity contribution in [2.45, 2.75) is 25.8 Å². The number of para-hydroxylation sites is 1. The van der Waals surface area contributed by atoms with Crippen LogP contribution in [0.2, 0.25) is 0 Å². The molecule has 1 atom stereocenters. The van der Waals surface area contributed by atoms with E-state index in [2.05, 4.69) is 22.1 Å². The first kappa shape index (κ1) is 16.5. The molecule has 1 aromatic carbocycles. The lowest BCUT2D eigenvalue weighted by molar-refractivity contribution is 0.0938. The molecule has 126 valence electrons. The van der Waals surface area contributed by atoms with E-state index < -0.39 is 0 Å². The van der Waals surface area contributed by atoms with Gasteiger partial charge in [0.25, 0.3) is 5.91 Å². The summed E-state index contributed by atoms with van der Waals surface area (Å²) >= 11 is 0. The van der Waals surface area contributed by atoms with Gasteiger partial charge in [0, 0.05) is 18.8 Å². The van der Waals surface area contributed by atoms with Crippen LogP contribution >= 0.6 is 0 Å². The third kappa shape index (κ3) is 4.11. The highest BCUT2D eigenvalue weighted by Gasteiger charge is 2.19. The highest BCUT2D eigenvalue weighted by Crippen LogP contribution is 2.24. The van der Waals surface area contributed by atoms with Crippen molar-refractivity contribution in [3.05, 3.63) is 54.4 Å². The molecule has 0 aliphatic carbocycles. The molecule has 1 saturated heterocycles. The van der Waals surface area contributed by atoms with E-state index in [-0.39, 0.29) is 5.91 Å². The summed E-state index contributed by atoms with van der Waals surface area (Å²) in [6, 6.07) is 11.2. The van der Waals surface area contributed by atoms with Gasteiger partial charge in [0.2, 0.25) is 0 Å². The molecule has 0 bridgehead atoms. The molecule has 0 radical (unpaired) electrons. The minimum atomic E-state index is -0.111. The van der Waals surface area contributed by atoms with Gasteiger partial charge < -0.3 is 10.1 Å². The van der Waals surface area contributed by atoms with E-state index in [1.54, 1.807) is 30.6 Å². The summed E-state index contributed by atoms with van der Waals surface area (Å²) < 4.78 is 5.80. The van der Waals surface area contributed by atoms with Crippen molar-refractivity contribution in [3.8, 4) is 11.5 Å². The number of hydrogen-bond acceptors (Lipinski definition) is 4. The molecular formula is C19H23N3O2. The van der Waals surface area contributed by atoms with Crippen LogP contribution in [0.5, 0.6) is 11.5 Å². The minimum Gasteiger partial charge on any atom is -0.455 e. The molecule has 24 heavy (non-hydrogen) atoms. The summed E-state index contributed by atoms with van der Waals surface area (Å²) in [6.07, 6.45) is 5.81. The maximum Gasteiger partial charge on any atom is 0.255 e.